The Morgan fingerprint density at radius 1 is 1.08 bits per heavy atom. The van der Waals surface area contributed by atoms with Gasteiger partial charge in [0.15, 0.2) is 0 Å². The first-order chi connectivity index (χ1) is 11.7. The molecule has 120 valence electrons. The Hall–Kier alpha value is -2.92. The molecule has 0 aliphatic carbocycles. The highest BCUT2D eigenvalue weighted by Gasteiger charge is 2.11. The lowest BCUT2D eigenvalue weighted by Crippen LogP contribution is -2.19. The number of hydrogen-bond acceptors (Lipinski definition) is 4. The fourth-order valence-electron chi connectivity index (χ4n) is 2.10. The van der Waals surface area contributed by atoms with E-state index in [0.29, 0.717) is 17.0 Å². The average Bonchev–Trinajstić information content (AvgIpc) is 3.30. The van der Waals surface area contributed by atoms with Gasteiger partial charge in [0, 0.05) is 22.1 Å². The number of thiophene rings is 1. The summed E-state index contributed by atoms with van der Waals surface area (Å²) >= 11 is 1.39. The van der Waals surface area contributed by atoms with Gasteiger partial charge in [0.2, 0.25) is 11.7 Å². The minimum Gasteiger partial charge on any atom is -0.472 e. The zero-order valence-corrected chi connectivity index (χ0v) is 13.6. The van der Waals surface area contributed by atoms with E-state index >= 15 is 0 Å². The van der Waals surface area contributed by atoms with Gasteiger partial charge in [-0.05, 0) is 24.3 Å². The van der Waals surface area contributed by atoms with Crippen molar-refractivity contribution in [2.45, 2.75) is 6.54 Å². The maximum Gasteiger partial charge on any atom is 0.244 e. The van der Waals surface area contributed by atoms with Crippen LogP contribution in [0.5, 0.6) is 0 Å². The number of furan rings is 1. The van der Waals surface area contributed by atoms with Gasteiger partial charge in [0.25, 0.3) is 0 Å². The van der Waals surface area contributed by atoms with E-state index in [2.05, 4.69) is 5.32 Å². The van der Waals surface area contributed by atoms with Crippen LogP contribution in [-0.2, 0) is 11.3 Å². The second-order valence-electron chi connectivity index (χ2n) is 5.07. The third kappa shape index (κ3) is 4.08. The number of benzene rings is 1. The number of amides is 1. The summed E-state index contributed by atoms with van der Waals surface area (Å²) in [7, 11) is 0. The van der Waals surface area contributed by atoms with Gasteiger partial charge >= 0.3 is 0 Å². The van der Waals surface area contributed by atoms with E-state index in [1.807, 2.05) is 24.3 Å². The molecule has 0 radical (unpaired) electrons. The van der Waals surface area contributed by atoms with Crippen LogP contribution >= 0.6 is 11.3 Å². The van der Waals surface area contributed by atoms with Crippen molar-refractivity contribution in [3.8, 4) is 0 Å². The SMILES string of the molecule is O=C(/C=C/c1ccoc1)NCc1ccc(C(=O)c2ccccc2)s1. The van der Waals surface area contributed by atoms with Gasteiger partial charge in [0.05, 0.1) is 23.9 Å². The van der Waals surface area contributed by atoms with Crippen molar-refractivity contribution in [1.29, 1.82) is 0 Å². The average molecular weight is 337 g/mol. The van der Waals surface area contributed by atoms with Crippen LogP contribution < -0.4 is 5.32 Å². The van der Waals surface area contributed by atoms with E-state index in [0.717, 1.165) is 10.4 Å². The molecule has 0 unspecified atom stereocenters. The van der Waals surface area contributed by atoms with E-state index in [1.54, 1.807) is 42.9 Å². The number of carbonyl (C=O) groups is 2. The molecule has 0 saturated carbocycles. The summed E-state index contributed by atoms with van der Waals surface area (Å²) in [4.78, 5) is 25.7. The lowest BCUT2D eigenvalue weighted by Gasteiger charge is -1.99. The highest BCUT2D eigenvalue weighted by Crippen LogP contribution is 2.20. The van der Waals surface area contributed by atoms with Crippen LogP contribution in [-0.4, -0.2) is 11.7 Å². The summed E-state index contributed by atoms with van der Waals surface area (Å²) < 4.78 is 4.92. The molecule has 0 aliphatic heterocycles. The second-order valence-corrected chi connectivity index (χ2v) is 6.24. The molecule has 1 aromatic carbocycles. The summed E-state index contributed by atoms with van der Waals surface area (Å²) in [6, 6.07) is 14.6. The molecule has 4 nitrogen and oxygen atoms in total. The minimum absolute atomic E-state index is 0.00182. The maximum atomic E-state index is 12.3. The normalized spacial score (nSPS) is 10.8. The van der Waals surface area contributed by atoms with Crippen LogP contribution in [0.1, 0.15) is 25.7 Å². The monoisotopic (exact) mass is 337 g/mol. The van der Waals surface area contributed by atoms with Crippen LogP contribution in [0.3, 0.4) is 0 Å². The Morgan fingerprint density at radius 3 is 2.67 bits per heavy atom. The third-order valence-electron chi connectivity index (χ3n) is 3.33. The molecule has 5 heteroatoms. The molecule has 2 heterocycles. The van der Waals surface area contributed by atoms with Gasteiger partial charge in [-0.15, -0.1) is 11.3 Å². The van der Waals surface area contributed by atoms with Gasteiger partial charge in [-0.3, -0.25) is 9.59 Å². The molecule has 24 heavy (non-hydrogen) atoms. The van der Waals surface area contributed by atoms with Crippen molar-refractivity contribution in [2.24, 2.45) is 0 Å². The van der Waals surface area contributed by atoms with Crippen LogP contribution in [0, 0.1) is 0 Å². The Kier molecular flexibility index (Phi) is 5.03. The van der Waals surface area contributed by atoms with Crippen molar-refractivity contribution in [3.63, 3.8) is 0 Å². The van der Waals surface area contributed by atoms with E-state index < -0.39 is 0 Å². The van der Waals surface area contributed by atoms with Crippen LogP contribution in [0.15, 0.2) is 71.6 Å². The zero-order chi connectivity index (χ0) is 16.8. The molecule has 3 rings (SSSR count). The largest absolute Gasteiger partial charge is 0.472 e. The number of hydrogen-bond donors (Lipinski definition) is 1. The highest BCUT2D eigenvalue weighted by molar-refractivity contribution is 7.14. The predicted molar refractivity (Wildman–Crippen MR) is 93.8 cm³/mol. The number of nitrogens with one attached hydrogen (secondary N) is 1. The molecule has 0 atom stereocenters. The van der Waals surface area contributed by atoms with Gasteiger partial charge in [-0.1, -0.05) is 30.3 Å². The fourth-order valence-corrected chi connectivity index (χ4v) is 3.01. The first-order valence-corrected chi connectivity index (χ1v) is 8.20. The smallest absolute Gasteiger partial charge is 0.244 e. The number of ketones is 1. The standard InChI is InChI=1S/C19H15NO3S/c21-18(9-6-14-10-11-23-13-14)20-12-16-7-8-17(24-16)19(22)15-4-2-1-3-5-15/h1-11,13H,12H2,(H,20,21)/b9-6+. The predicted octanol–water partition coefficient (Wildman–Crippen LogP) is 3.90. The quantitative estimate of drug-likeness (QED) is 0.548. The summed E-state index contributed by atoms with van der Waals surface area (Å²) in [5, 5.41) is 2.80. The Bertz CT molecular complexity index is 848. The van der Waals surface area contributed by atoms with Crippen LogP contribution in [0.2, 0.25) is 0 Å². The molecular formula is C19H15NO3S. The van der Waals surface area contributed by atoms with Crippen molar-refractivity contribution >= 4 is 29.1 Å². The molecule has 1 amide bonds. The molecule has 3 aromatic rings. The summed E-state index contributed by atoms with van der Waals surface area (Å²) in [5.74, 6) is -0.196. The van der Waals surface area contributed by atoms with Gasteiger partial charge in [-0.2, -0.15) is 0 Å². The third-order valence-corrected chi connectivity index (χ3v) is 4.41. The van der Waals surface area contributed by atoms with Gasteiger partial charge < -0.3 is 9.73 Å². The summed E-state index contributed by atoms with van der Waals surface area (Å²) in [5.41, 5.74) is 1.50. The summed E-state index contributed by atoms with van der Waals surface area (Å²) in [6.45, 7) is 0.390. The second kappa shape index (κ2) is 7.57. The molecular weight excluding hydrogens is 322 g/mol. The van der Waals surface area contributed by atoms with Crippen molar-refractivity contribution in [3.05, 3.63) is 88.0 Å². The lowest BCUT2D eigenvalue weighted by atomic mass is 10.1. The Labute approximate surface area is 143 Å². The number of carbonyl (C=O) groups excluding carboxylic acids is 2. The first kappa shape index (κ1) is 16.0. The number of rotatable bonds is 6. The first-order valence-electron chi connectivity index (χ1n) is 7.39. The van der Waals surface area contributed by atoms with Crippen LogP contribution in [0.4, 0.5) is 0 Å². The maximum absolute atomic E-state index is 12.3. The molecule has 0 spiro atoms. The topological polar surface area (TPSA) is 59.3 Å². The Balaban J connectivity index is 1.56. The van der Waals surface area contributed by atoms with E-state index in [9.17, 15) is 9.59 Å². The molecule has 1 N–H and O–H groups in total. The fraction of sp³-hybridized carbons (Fsp3) is 0.0526. The molecule has 0 bridgehead atoms. The van der Waals surface area contributed by atoms with Crippen molar-refractivity contribution in [1.82, 2.24) is 5.32 Å². The van der Waals surface area contributed by atoms with E-state index in [1.165, 1.54) is 17.4 Å². The Morgan fingerprint density at radius 2 is 1.92 bits per heavy atom. The van der Waals surface area contributed by atoms with E-state index in [-0.39, 0.29) is 11.7 Å². The lowest BCUT2D eigenvalue weighted by molar-refractivity contribution is -0.116. The van der Waals surface area contributed by atoms with E-state index in [4.69, 9.17) is 4.42 Å². The zero-order valence-electron chi connectivity index (χ0n) is 12.8. The molecule has 2 aromatic heterocycles. The summed E-state index contributed by atoms with van der Waals surface area (Å²) in [6.07, 6.45) is 6.24. The van der Waals surface area contributed by atoms with Crippen molar-refractivity contribution < 1.29 is 14.0 Å². The van der Waals surface area contributed by atoms with Gasteiger partial charge in [0.1, 0.15) is 0 Å². The van der Waals surface area contributed by atoms with Crippen molar-refractivity contribution in [2.75, 3.05) is 0 Å². The van der Waals surface area contributed by atoms with Crippen LogP contribution in [0.25, 0.3) is 6.08 Å². The minimum atomic E-state index is -0.194. The molecule has 0 fully saturated rings. The van der Waals surface area contributed by atoms with Gasteiger partial charge in [-0.25, -0.2) is 0 Å². The highest BCUT2D eigenvalue weighted by atomic mass is 32.1. The molecule has 0 aliphatic rings. The molecule has 0 saturated heterocycles.